The molecule has 1 N–H and O–H groups in total. The Morgan fingerprint density at radius 1 is 1.64 bits per heavy atom. The SMILES string of the molecule is CC(Br)C(=O)c1ccc(Cl)cc1CO. The number of carbonyl (C=O) groups excluding carboxylic acids is 1. The first kappa shape index (κ1) is 11.7. The van der Waals surface area contributed by atoms with Gasteiger partial charge in [-0.15, -0.1) is 0 Å². The summed E-state index contributed by atoms with van der Waals surface area (Å²) in [4.78, 5) is 11.4. The number of rotatable bonds is 3. The molecule has 0 heterocycles. The number of benzene rings is 1. The number of hydrogen-bond acceptors (Lipinski definition) is 2. The van der Waals surface area contributed by atoms with Gasteiger partial charge in [0.25, 0.3) is 0 Å². The molecule has 4 heteroatoms. The normalized spacial score (nSPS) is 12.6. The van der Waals surface area contributed by atoms with Crippen molar-refractivity contribution in [1.82, 2.24) is 0 Å². The largest absolute Gasteiger partial charge is 0.392 e. The van der Waals surface area contributed by atoms with Gasteiger partial charge in [0.2, 0.25) is 0 Å². The van der Waals surface area contributed by atoms with Crippen LogP contribution in [-0.4, -0.2) is 15.7 Å². The Hall–Kier alpha value is -0.380. The molecule has 0 aliphatic heterocycles. The molecule has 76 valence electrons. The lowest BCUT2D eigenvalue weighted by atomic mass is 10.0. The first-order valence-electron chi connectivity index (χ1n) is 4.14. The summed E-state index contributed by atoms with van der Waals surface area (Å²) in [5, 5.41) is 9.57. The van der Waals surface area contributed by atoms with E-state index in [1.807, 2.05) is 0 Å². The van der Waals surface area contributed by atoms with Crippen LogP contribution in [0.2, 0.25) is 5.02 Å². The van der Waals surface area contributed by atoms with E-state index in [-0.39, 0.29) is 17.2 Å². The molecule has 0 radical (unpaired) electrons. The number of halogens is 2. The van der Waals surface area contributed by atoms with Crippen LogP contribution in [0.1, 0.15) is 22.8 Å². The Labute approximate surface area is 96.0 Å². The summed E-state index contributed by atoms with van der Waals surface area (Å²) < 4.78 is 0. The maximum absolute atomic E-state index is 11.6. The van der Waals surface area contributed by atoms with Gasteiger partial charge in [-0.2, -0.15) is 0 Å². The van der Waals surface area contributed by atoms with Gasteiger partial charge in [-0.3, -0.25) is 4.79 Å². The first-order chi connectivity index (χ1) is 6.56. The lowest BCUT2D eigenvalue weighted by Crippen LogP contribution is -2.12. The standard InChI is InChI=1S/C10H10BrClO2/c1-6(11)10(14)9-3-2-8(12)4-7(9)5-13/h2-4,6,13H,5H2,1H3. The van der Waals surface area contributed by atoms with E-state index in [9.17, 15) is 4.79 Å². The van der Waals surface area contributed by atoms with E-state index in [0.717, 1.165) is 0 Å². The lowest BCUT2D eigenvalue weighted by molar-refractivity contribution is 0.0993. The van der Waals surface area contributed by atoms with Crippen LogP contribution in [0.4, 0.5) is 0 Å². The van der Waals surface area contributed by atoms with Gasteiger partial charge in [0, 0.05) is 10.6 Å². The first-order valence-corrected chi connectivity index (χ1v) is 5.43. The Morgan fingerprint density at radius 3 is 2.79 bits per heavy atom. The minimum atomic E-state index is -0.256. The molecule has 0 fully saturated rings. The molecule has 1 unspecified atom stereocenters. The molecule has 0 aromatic heterocycles. The van der Waals surface area contributed by atoms with Crippen molar-refractivity contribution < 1.29 is 9.90 Å². The predicted octanol–water partition coefficient (Wildman–Crippen LogP) is 2.80. The van der Waals surface area contributed by atoms with Crippen molar-refractivity contribution in [2.75, 3.05) is 0 Å². The highest BCUT2D eigenvalue weighted by Gasteiger charge is 2.15. The second-order valence-electron chi connectivity index (χ2n) is 2.94. The number of carbonyl (C=O) groups is 1. The number of alkyl halides is 1. The summed E-state index contributed by atoms with van der Waals surface area (Å²) in [6.07, 6.45) is 0. The molecule has 0 amide bonds. The van der Waals surface area contributed by atoms with Crippen molar-refractivity contribution in [3.05, 3.63) is 34.3 Å². The maximum atomic E-state index is 11.6. The minimum Gasteiger partial charge on any atom is -0.392 e. The van der Waals surface area contributed by atoms with Crippen molar-refractivity contribution in [2.24, 2.45) is 0 Å². The third-order valence-electron chi connectivity index (χ3n) is 1.86. The topological polar surface area (TPSA) is 37.3 Å². The Morgan fingerprint density at radius 2 is 2.29 bits per heavy atom. The van der Waals surface area contributed by atoms with Crippen LogP contribution >= 0.6 is 27.5 Å². The van der Waals surface area contributed by atoms with Gasteiger partial charge in [-0.1, -0.05) is 27.5 Å². The Bertz CT molecular complexity index is 350. The fourth-order valence-corrected chi connectivity index (χ4v) is 1.59. The van der Waals surface area contributed by atoms with E-state index in [0.29, 0.717) is 16.1 Å². The molecule has 0 saturated heterocycles. The van der Waals surface area contributed by atoms with E-state index in [4.69, 9.17) is 16.7 Å². The smallest absolute Gasteiger partial charge is 0.176 e. The molecule has 0 aliphatic carbocycles. The van der Waals surface area contributed by atoms with Crippen molar-refractivity contribution in [3.8, 4) is 0 Å². The summed E-state index contributed by atoms with van der Waals surface area (Å²) in [5.74, 6) is -0.0503. The van der Waals surface area contributed by atoms with E-state index in [1.54, 1.807) is 25.1 Å². The molecule has 1 rings (SSSR count). The molecular weight excluding hydrogens is 267 g/mol. The second kappa shape index (κ2) is 4.91. The van der Waals surface area contributed by atoms with E-state index < -0.39 is 0 Å². The lowest BCUT2D eigenvalue weighted by Gasteiger charge is -2.08. The second-order valence-corrected chi connectivity index (χ2v) is 4.75. The van der Waals surface area contributed by atoms with Crippen LogP contribution in [-0.2, 0) is 6.61 Å². The number of aliphatic hydroxyl groups excluding tert-OH is 1. The van der Waals surface area contributed by atoms with Gasteiger partial charge in [0.15, 0.2) is 5.78 Å². The summed E-state index contributed by atoms with van der Waals surface area (Å²) in [5.41, 5.74) is 1.08. The van der Waals surface area contributed by atoms with E-state index in [2.05, 4.69) is 15.9 Å². The van der Waals surface area contributed by atoms with Crippen LogP contribution in [0, 0.1) is 0 Å². The third kappa shape index (κ3) is 2.56. The molecule has 1 aromatic rings. The van der Waals surface area contributed by atoms with Gasteiger partial charge in [0.05, 0.1) is 11.4 Å². The summed E-state index contributed by atoms with van der Waals surface area (Å²) in [7, 11) is 0. The van der Waals surface area contributed by atoms with Crippen LogP contribution in [0.15, 0.2) is 18.2 Å². The fourth-order valence-electron chi connectivity index (χ4n) is 1.15. The molecule has 1 aromatic carbocycles. The summed E-state index contributed by atoms with van der Waals surface area (Å²) in [6.45, 7) is 1.57. The monoisotopic (exact) mass is 276 g/mol. The third-order valence-corrected chi connectivity index (χ3v) is 2.52. The van der Waals surface area contributed by atoms with Crippen LogP contribution in [0.3, 0.4) is 0 Å². The molecule has 1 atom stereocenters. The zero-order valence-electron chi connectivity index (χ0n) is 7.63. The zero-order valence-corrected chi connectivity index (χ0v) is 9.97. The number of Topliss-reactive ketones (excluding diaryl/α,β-unsaturated/α-hetero) is 1. The van der Waals surface area contributed by atoms with Crippen LogP contribution in [0.25, 0.3) is 0 Å². The molecule has 14 heavy (non-hydrogen) atoms. The van der Waals surface area contributed by atoms with Crippen LogP contribution < -0.4 is 0 Å². The predicted molar refractivity (Wildman–Crippen MR) is 60.1 cm³/mol. The van der Waals surface area contributed by atoms with Crippen molar-refractivity contribution >= 4 is 33.3 Å². The Kier molecular flexibility index (Phi) is 4.11. The van der Waals surface area contributed by atoms with Gasteiger partial charge >= 0.3 is 0 Å². The van der Waals surface area contributed by atoms with Gasteiger partial charge < -0.3 is 5.11 Å². The minimum absolute atomic E-state index is 0.0503. The van der Waals surface area contributed by atoms with Crippen molar-refractivity contribution in [3.63, 3.8) is 0 Å². The highest BCUT2D eigenvalue weighted by atomic mass is 79.9. The van der Waals surface area contributed by atoms with E-state index in [1.165, 1.54) is 0 Å². The number of ketones is 1. The van der Waals surface area contributed by atoms with Gasteiger partial charge in [0.1, 0.15) is 0 Å². The highest BCUT2D eigenvalue weighted by Crippen LogP contribution is 2.19. The van der Waals surface area contributed by atoms with Crippen LogP contribution in [0.5, 0.6) is 0 Å². The highest BCUT2D eigenvalue weighted by molar-refractivity contribution is 9.10. The average Bonchev–Trinajstić information content (AvgIpc) is 2.16. The van der Waals surface area contributed by atoms with Gasteiger partial charge in [-0.05, 0) is 30.7 Å². The summed E-state index contributed by atoms with van der Waals surface area (Å²) in [6, 6.07) is 4.88. The average molecular weight is 278 g/mol. The molecular formula is C10H10BrClO2. The number of aliphatic hydroxyl groups is 1. The van der Waals surface area contributed by atoms with Crippen molar-refractivity contribution in [1.29, 1.82) is 0 Å². The number of hydrogen-bond donors (Lipinski definition) is 1. The molecule has 0 bridgehead atoms. The zero-order chi connectivity index (χ0) is 10.7. The fraction of sp³-hybridized carbons (Fsp3) is 0.300. The molecule has 0 spiro atoms. The van der Waals surface area contributed by atoms with Crippen molar-refractivity contribution in [2.45, 2.75) is 18.4 Å². The summed E-state index contributed by atoms with van der Waals surface area (Å²) >= 11 is 8.94. The maximum Gasteiger partial charge on any atom is 0.176 e. The Balaban J connectivity index is 3.14. The van der Waals surface area contributed by atoms with Gasteiger partial charge in [-0.25, -0.2) is 0 Å². The molecule has 2 nitrogen and oxygen atoms in total. The molecule has 0 aliphatic rings. The van der Waals surface area contributed by atoms with E-state index >= 15 is 0 Å². The molecule has 0 saturated carbocycles. The quantitative estimate of drug-likeness (QED) is 0.681.